The number of rotatable bonds is 10. The molecule has 156 valence electrons. The molecule has 0 fully saturated rings. The van der Waals surface area contributed by atoms with Crippen LogP contribution < -0.4 is 10.1 Å². The maximum atomic E-state index is 12.4. The van der Waals surface area contributed by atoms with Crippen LogP contribution in [0.3, 0.4) is 0 Å². The van der Waals surface area contributed by atoms with Gasteiger partial charge in [-0.05, 0) is 36.2 Å². The summed E-state index contributed by atoms with van der Waals surface area (Å²) >= 11 is 11.9. The van der Waals surface area contributed by atoms with E-state index < -0.39 is 12.1 Å². The third kappa shape index (κ3) is 6.63. The maximum Gasteiger partial charge on any atom is 0.333 e. The van der Waals surface area contributed by atoms with E-state index in [0.29, 0.717) is 28.5 Å². The number of benzene rings is 2. The first-order chi connectivity index (χ1) is 13.8. The van der Waals surface area contributed by atoms with Crippen LogP contribution in [0.15, 0.2) is 36.4 Å². The van der Waals surface area contributed by atoms with Crippen LogP contribution in [0.25, 0.3) is 0 Å². The maximum absolute atomic E-state index is 12.4. The molecule has 0 aromatic heterocycles. The van der Waals surface area contributed by atoms with Crippen molar-refractivity contribution in [3.63, 3.8) is 0 Å². The number of hydrogen-bond acceptors (Lipinski definition) is 4. The molecular weight excluding hydrogens is 417 g/mol. The van der Waals surface area contributed by atoms with Gasteiger partial charge in [-0.15, -0.1) is 0 Å². The fraction of sp³-hybridized carbons (Fsp3) is 0.333. The van der Waals surface area contributed by atoms with Crippen molar-refractivity contribution in [1.29, 1.82) is 0 Å². The summed E-state index contributed by atoms with van der Waals surface area (Å²) in [7, 11) is 1.53. The molecule has 2 aromatic carbocycles. The molecule has 0 bridgehead atoms. The summed E-state index contributed by atoms with van der Waals surface area (Å²) in [5, 5.41) is 12.8. The number of aliphatic carboxylic acids is 1. The van der Waals surface area contributed by atoms with Gasteiger partial charge in [-0.25, -0.2) is 4.79 Å². The molecule has 29 heavy (non-hydrogen) atoms. The predicted molar refractivity (Wildman–Crippen MR) is 112 cm³/mol. The van der Waals surface area contributed by atoms with E-state index in [4.69, 9.17) is 32.7 Å². The van der Waals surface area contributed by atoms with Crippen molar-refractivity contribution in [2.24, 2.45) is 0 Å². The molecule has 0 aliphatic heterocycles. The van der Waals surface area contributed by atoms with Gasteiger partial charge in [-0.1, -0.05) is 42.3 Å². The van der Waals surface area contributed by atoms with Crippen LogP contribution >= 0.6 is 23.2 Å². The first kappa shape index (κ1) is 23.0. The summed E-state index contributed by atoms with van der Waals surface area (Å²) in [6, 6.07) is 9.97. The molecule has 8 heteroatoms. The first-order valence-electron chi connectivity index (χ1n) is 9.09. The van der Waals surface area contributed by atoms with Crippen molar-refractivity contribution < 1.29 is 24.2 Å². The van der Waals surface area contributed by atoms with E-state index in [0.717, 1.165) is 12.0 Å². The van der Waals surface area contributed by atoms with Crippen LogP contribution in [0.5, 0.6) is 5.75 Å². The molecule has 0 aliphatic rings. The zero-order chi connectivity index (χ0) is 21.4. The van der Waals surface area contributed by atoms with E-state index in [1.807, 2.05) is 6.92 Å². The molecule has 0 heterocycles. The number of nitrogens with one attached hydrogen (secondary N) is 1. The fourth-order valence-corrected chi connectivity index (χ4v) is 3.23. The van der Waals surface area contributed by atoms with E-state index in [2.05, 4.69) is 5.32 Å². The van der Waals surface area contributed by atoms with Gasteiger partial charge in [0, 0.05) is 30.2 Å². The van der Waals surface area contributed by atoms with Gasteiger partial charge in [0.25, 0.3) is 5.91 Å². The van der Waals surface area contributed by atoms with E-state index in [1.54, 1.807) is 30.3 Å². The summed E-state index contributed by atoms with van der Waals surface area (Å²) in [6.45, 7) is 2.47. The fourth-order valence-electron chi connectivity index (χ4n) is 2.73. The Balaban J connectivity index is 2.13. The Morgan fingerprint density at radius 1 is 1.17 bits per heavy atom. The molecule has 1 atom stereocenters. The summed E-state index contributed by atoms with van der Waals surface area (Å²) in [5.74, 6) is -0.784. The van der Waals surface area contributed by atoms with Crippen LogP contribution in [0.2, 0.25) is 10.0 Å². The summed E-state index contributed by atoms with van der Waals surface area (Å²) < 4.78 is 10.8. The molecule has 2 rings (SSSR count). The standard InChI is InChI=1S/C21H23Cl2NO5/c1-3-8-29-19(21(26)27)10-13-4-7-18(28-2)14(9-13)12-24-20(25)16-6-5-15(22)11-17(16)23/h4-7,9,11,19H,3,8,10,12H2,1-2H3,(H,24,25)(H,26,27). The first-order valence-corrected chi connectivity index (χ1v) is 9.84. The number of carbonyl (C=O) groups excluding carboxylic acids is 1. The lowest BCUT2D eigenvalue weighted by atomic mass is 10.0. The van der Waals surface area contributed by atoms with Gasteiger partial charge in [0.05, 0.1) is 17.7 Å². The van der Waals surface area contributed by atoms with E-state index in [-0.39, 0.29) is 23.9 Å². The number of ether oxygens (including phenoxy) is 2. The molecule has 0 aliphatic carbocycles. The van der Waals surface area contributed by atoms with Crippen LogP contribution in [-0.2, 0) is 22.5 Å². The Labute approximate surface area is 179 Å². The SMILES string of the molecule is CCCOC(Cc1ccc(OC)c(CNC(=O)c2ccc(Cl)cc2Cl)c1)C(=O)O. The van der Waals surface area contributed by atoms with Gasteiger partial charge >= 0.3 is 5.97 Å². The Morgan fingerprint density at radius 2 is 1.93 bits per heavy atom. The quantitative estimate of drug-likeness (QED) is 0.574. The second-order valence-corrected chi connectivity index (χ2v) is 7.20. The smallest absolute Gasteiger partial charge is 0.333 e. The molecule has 6 nitrogen and oxygen atoms in total. The minimum absolute atomic E-state index is 0.183. The highest BCUT2D eigenvalue weighted by Gasteiger charge is 2.19. The van der Waals surface area contributed by atoms with Crippen LogP contribution in [-0.4, -0.2) is 36.8 Å². The summed E-state index contributed by atoms with van der Waals surface area (Å²) in [4.78, 5) is 23.9. The number of halogens is 2. The molecule has 0 saturated carbocycles. The van der Waals surface area contributed by atoms with Crippen molar-refractivity contribution in [3.05, 3.63) is 63.1 Å². The third-order valence-corrected chi connectivity index (χ3v) is 4.73. The van der Waals surface area contributed by atoms with Gasteiger partial charge in [-0.2, -0.15) is 0 Å². The highest BCUT2D eigenvalue weighted by Crippen LogP contribution is 2.23. The number of amides is 1. The van der Waals surface area contributed by atoms with E-state index >= 15 is 0 Å². The average Bonchev–Trinajstić information content (AvgIpc) is 2.69. The summed E-state index contributed by atoms with van der Waals surface area (Å²) in [5.41, 5.74) is 1.79. The van der Waals surface area contributed by atoms with Gasteiger partial charge in [-0.3, -0.25) is 4.79 Å². The molecule has 2 N–H and O–H groups in total. The lowest BCUT2D eigenvalue weighted by molar-refractivity contribution is -0.150. The molecule has 0 radical (unpaired) electrons. The molecular formula is C21H23Cl2NO5. The van der Waals surface area contributed by atoms with Crippen molar-refractivity contribution in [2.45, 2.75) is 32.4 Å². The predicted octanol–water partition coefficient (Wildman–Crippen LogP) is 4.35. The largest absolute Gasteiger partial charge is 0.496 e. The van der Waals surface area contributed by atoms with Crippen LogP contribution in [0.1, 0.15) is 34.8 Å². The molecule has 0 spiro atoms. The normalized spacial score (nSPS) is 11.7. The molecule has 0 saturated heterocycles. The van der Waals surface area contributed by atoms with Crippen molar-refractivity contribution in [1.82, 2.24) is 5.32 Å². The Morgan fingerprint density at radius 3 is 2.55 bits per heavy atom. The lowest BCUT2D eigenvalue weighted by Gasteiger charge is -2.16. The Kier molecular flexibility index (Phi) is 8.76. The monoisotopic (exact) mass is 439 g/mol. The second-order valence-electron chi connectivity index (χ2n) is 6.35. The Bertz CT molecular complexity index is 872. The van der Waals surface area contributed by atoms with E-state index in [9.17, 15) is 14.7 Å². The lowest BCUT2D eigenvalue weighted by Crippen LogP contribution is -2.27. The van der Waals surface area contributed by atoms with Gasteiger partial charge < -0.3 is 19.9 Å². The van der Waals surface area contributed by atoms with Gasteiger partial charge in [0.15, 0.2) is 6.10 Å². The minimum Gasteiger partial charge on any atom is -0.496 e. The van der Waals surface area contributed by atoms with Crippen molar-refractivity contribution in [2.75, 3.05) is 13.7 Å². The zero-order valence-corrected chi connectivity index (χ0v) is 17.7. The molecule has 1 unspecified atom stereocenters. The van der Waals surface area contributed by atoms with Crippen LogP contribution in [0, 0.1) is 0 Å². The number of carboxylic acid groups (broad SMARTS) is 1. The third-order valence-electron chi connectivity index (χ3n) is 4.18. The minimum atomic E-state index is -1.01. The number of methoxy groups -OCH3 is 1. The highest BCUT2D eigenvalue weighted by molar-refractivity contribution is 6.36. The average molecular weight is 440 g/mol. The molecule has 2 aromatic rings. The topological polar surface area (TPSA) is 84.9 Å². The Hall–Kier alpha value is -2.28. The van der Waals surface area contributed by atoms with Crippen molar-refractivity contribution in [3.8, 4) is 5.75 Å². The summed E-state index contributed by atoms with van der Waals surface area (Å²) in [6.07, 6.45) is 0.0129. The van der Waals surface area contributed by atoms with Gasteiger partial charge in [0.2, 0.25) is 0 Å². The van der Waals surface area contributed by atoms with Gasteiger partial charge in [0.1, 0.15) is 5.75 Å². The van der Waals surface area contributed by atoms with E-state index in [1.165, 1.54) is 13.2 Å². The number of hydrogen-bond donors (Lipinski definition) is 2. The van der Waals surface area contributed by atoms with Crippen LogP contribution in [0.4, 0.5) is 0 Å². The molecule has 1 amide bonds. The zero-order valence-electron chi connectivity index (χ0n) is 16.2. The number of carboxylic acids is 1. The highest BCUT2D eigenvalue weighted by atomic mass is 35.5. The number of carbonyl (C=O) groups is 2. The second kappa shape index (κ2) is 11.0. The van der Waals surface area contributed by atoms with Crippen molar-refractivity contribution >= 4 is 35.1 Å².